The Morgan fingerprint density at radius 2 is 1.75 bits per heavy atom. The summed E-state index contributed by atoms with van der Waals surface area (Å²) >= 11 is 0. The maximum Gasteiger partial charge on any atom is 0.223 e. The SMILES string of the molecule is CC(C)NS(=O)(=O)Cc1ccccc1CNC(=O)C1CCCCC1. The Morgan fingerprint density at radius 1 is 1.12 bits per heavy atom. The molecule has 0 saturated heterocycles. The largest absolute Gasteiger partial charge is 0.352 e. The van der Waals surface area contributed by atoms with Gasteiger partial charge in [0.05, 0.1) is 5.75 Å². The van der Waals surface area contributed by atoms with Crippen LogP contribution in [0.5, 0.6) is 0 Å². The molecule has 6 heteroatoms. The number of hydrogen-bond acceptors (Lipinski definition) is 3. The van der Waals surface area contributed by atoms with Gasteiger partial charge in [0, 0.05) is 18.5 Å². The summed E-state index contributed by atoms with van der Waals surface area (Å²) in [5.74, 6) is 0.130. The minimum atomic E-state index is -3.38. The maximum absolute atomic E-state index is 12.3. The number of nitrogens with one attached hydrogen (secondary N) is 2. The van der Waals surface area contributed by atoms with Crippen molar-refractivity contribution in [1.29, 1.82) is 0 Å². The Kier molecular flexibility index (Phi) is 6.80. The van der Waals surface area contributed by atoms with Crippen molar-refractivity contribution in [3.8, 4) is 0 Å². The van der Waals surface area contributed by atoms with E-state index in [4.69, 9.17) is 0 Å². The lowest BCUT2D eigenvalue weighted by atomic mass is 9.88. The number of sulfonamides is 1. The molecule has 1 aromatic carbocycles. The van der Waals surface area contributed by atoms with E-state index >= 15 is 0 Å². The van der Waals surface area contributed by atoms with Gasteiger partial charge in [0.25, 0.3) is 0 Å². The van der Waals surface area contributed by atoms with E-state index in [1.165, 1.54) is 6.42 Å². The fourth-order valence-electron chi connectivity index (χ4n) is 3.17. The van der Waals surface area contributed by atoms with Gasteiger partial charge < -0.3 is 5.32 Å². The van der Waals surface area contributed by atoms with Crippen molar-refractivity contribution in [3.05, 3.63) is 35.4 Å². The molecule has 0 aromatic heterocycles. The van der Waals surface area contributed by atoms with Gasteiger partial charge in [0.1, 0.15) is 0 Å². The van der Waals surface area contributed by atoms with Crippen LogP contribution in [0, 0.1) is 5.92 Å². The molecule has 134 valence electrons. The molecule has 1 fully saturated rings. The van der Waals surface area contributed by atoms with Crippen molar-refractivity contribution in [3.63, 3.8) is 0 Å². The molecular weight excluding hydrogens is 324 g/mol. The first kappa shape index (κ1) is 18.9. The van der Waals surface area contributed by atoms with Gasteiger partial charge in [-0.2, -0.15) is 0 Å². The summed E-state index contributed by atoms with van der Waals surface area (Å²) in [4.78, 5) is 12.3. The summed E-state index contributed by atoms with van der Waals surface area (Å²) in [6, 6.07) is 7.25. The Bertz CT molecular complexity index is 650. The van der Waals surface area contributed by atoms with Gasteiger partial charge in [-0.15, -0.1) is 0 Å². The molecule has 0 bridgehead atoms. The van der Waals surface area contributed by atoms with Crippen LogP contribution in [0.25, 0.3) is 0 Å². The van der Waals surface area contributed by atoms with E-state index in [-0.39, 0.29) is 23.6 Å². The zero-order chi connectivity index (χ0) is 17.6. The molecule has 2 N–H and O–H groups in total. The first-order valence-corrected chi connectivity index (χ1v) is 10.4. The molecule has 1 aliphatic rings. The quantitative estimate of drug-likeness (QED) is 0.792. The maximum atomic E-state index is 12.3. The van der Waals surface area contributed by atoms with E-state index in [1.54, 1.807) is 13.8 Å². The number of hydrogen-bond donors (Lipinski definition) is 2. The molecule has 0 unspecified atom stereocenters. The topological polar surface area (TPSA) is 75.3 Å². The van der Waals surface area contributed by atoms with Crippen LogP contribution < -0.4 is 10.0 Å². The third-order valence-corrected chi connectivity index (χ3v) is 5.83. The lowest BCUT2D eigenvalue weighted by molar-refractivity contribution is -0.126. The lowest BCUT2D eigenvalue weighted by Gasteiger charge is -2.21. The van der Waals surface area contributed by atoms with Gasteiger partial charge >= 0.3 is 0 Å². The summed E-state index contributed by atoms with van der Waals surface area (Å²) in [6.45, 7) is 3.98. The van der Waals surface area contributed by atoms with Crippen molar-refractivity contribution in [2.24, 2.45) is 5.92 Å². The van der Waals surface area contributed by atoms with Crippen LogP contribution in [0.2, 0.25) is 0 Å². The fraction of sp³-hybridized carbons (Fsp3) is 0.611. The molecule has 0 atom stereocenters. The Balaban J connectivity index is 1.99. The van der Waals surface area contributed by atoms with Gasteiger partial charge in [0.15, 0.2) is 0 Å². The van der Waals surface area contributed by atoms with Crippen LogP contribution in [0.4, 0.5) is 0 Å². The lowest BCUT2D eigenvalue weighted by Crippen LogP contribution is -2.33. The summed E-state index contributed by atoms with van der Waals surface area (Å²) < 4.78 is 26.9. The number of rotatable bonds is 7. The van der Waals surface area contributed by atoms with E-state index in [2.05, 4.69) is 10.0 Å². The van der Waals surface area contributed by atoms with Crippen LogP contribution in [0.3, 0.4) is 0 Å². The van der Waals surface area contributed by atoms with Crippen LogP contribution in [0.15, 0.2) is 24.3 Å². The molecule has 1 aliphatic carbocycles. The molecule has 0 spiro atoms. The summed E-state index contributed by atoms with van der Waals surface area (Å²) in [7, 11) is -3.38. The van der Waals surface area contributed by atoms with Gasteiger partial charge in [-0.1, -0.05) is 43.5 Å². The third-order valence-electron chi connectivity index (χ3n) is 4.31. The van der Waals surface area contributed by atoms with E-state index < -0.39 is 10.0 Å². The van der Waals surface area contributed by atoms with E-state index in [1.807, 2.05) is 24.3 Å². The van der Waals surface area contributed by atoms with Crippen LogP contribution in [-0.4, -0.2) is 20.4 Å². The van der Waals surface area contributed by atoms with Crippen LogP contribution >= 0.6 is 0 Å². The highest BCUT2D eigenvalue weighted by atomic mass is 32.2. The third kappa shape index (κ3) is 5.91. The van der Waals surface area contributed by atoms with Crippen molar-refractivity contribution in [2.45, 2.75) is 64.3 Å². The molecule has 5 nitrogen and oxygen atoms in total. The average molecular weight is 353 g/mol. The molecule has 24 heavy (non-hydrogen) atoms. The monoisotopic (exact) mass is 352 g/mol. The van der Waals surface area contributed by atoms with E-state index in [9.17, 15) is 13.2 Å². The van der Waals surface area contributed by atoms with Gasteiger partial charge in [0.2, 0.25) is 15.9 Å². The molecule has 0 aliphatic heterocycles. The first-order valence-electron chi connectivity index (χ1n) is 8.72. The summed E-state index contributed by atoms with van der Waals surface area (Å²) in [5, 5.41) is 2.98. The highest BCUT2D eigenvalue weighted by Gasteiger charge is 2.21. The second-order valence-corrected chi connectivity index (χ2v) is 8.61. The van der Waals surface area contributed by atoms with Crippen LogP contribution in [0.1, 0.15) is 57.1 Å². The molecule has 2 rings (SSSR count). The first-order chi connectivity index (χ1) is 11.4. The molecule has 0 radical (unpaired) electrons. The zero-order valence-electron chi connectivity index (χ0n) is 14.5. The molecule has 1 amide bonds. The number of benzene rings is 1. The summed E-state index contributed by atoms with van der Waals surface area (Å²) in [5.41, 5.74) is 1.59. The second-order valence-electron chi connectivity index (χ2n) is 6.85. The van der Waals surface area contributed by atoms with Gasteiger partial charge in [-0.05, 0) is 37.8 Å². The average Bonchev–Trinajstić information content (AvgIpc) is 2.53. The Morgan fingerprint density at radius 3 is 2.38 bits per heavy atom. The predicted molar refractivity (Wildman–Crippen MR) is 95.8 cm³/mol. The standard InChI is InChI=1S/C18H28N2O3S/c1-14(2)20-24(22,23)13-17-11-7-6-10-16(17)12-19-18(21)15-8-4-3-5-9-15/h6-7,10-11,14-15,20H,3-5,8-9,12-13H2,1-2H3,(H,19,21). The normalized spacial score (nSPS) is 16.3. The number of amides is 1. The van der Waals surface area contributed by atoms with Gasteiger partial charge in [-0.25, -0.2) is 13.1 Å². The number of carbonyl (C=O) groups is 1. The van der Waals surface area contributed by atoms with Gasteiger partial charge in [-0.3, -0.25) is 4.79 Å². The van der Waals surface area contributed by atoms with E-state index in [0.29, 0.717) is 6.54 Å². The van der Waals surface area contributed by atoms with Crippen molar-refractivity contribution < 1.29 is 13.2 Å². The molecule has 1 aromatic rings. The highest BCUT2D eigenvalue weighted by molar-refractivity contribution is 7.88. The van der Waals surface area contributed by atoms with E-state index in [0.717, 1.165) is 36.8 Å². The minimum Gasteiger partial charge on any atom is -0.352 e. The van der Waals surface area contributed by atoms with Crippen molar-refractivity contribution in [1.82, 2.24) is 10.0 Å². The molecule has 0 heterocycles. The highest BCUT2D eigenvalue weighted by Crippen LogP contribution is 2.23. The smallest absolute Gasteiger partial charge is 0.223 e. The summed E-state index contributed by atoms with van der Waals surface area (Å²) in [6.07, 6.45) is 5.37. The Hall–Kier alpha value is -1.40. The van der Waals surface area contributed by atoms with Crippen molar-refractivity contribution >= 4 is 15.9 Å². The fourth-order valence-corrected chi connectivity index (χ4v) is 4.66. The minimum absolute atomic E-state index is 0.0688. The second kappa shape index (κ2) is 8.62. The molecular formula is C18H28N2O3S. The molecule has 1 saturated carbocycles. The predicted octanol–water partition coefficient (Wildman–Crippen LogP) is 2.71. The van der Waals surface area contributed by atoms with Crippen LogP contribution in [-0.2, 0) is 27.1 Å². The number of carbonyl (C=O) groups excluding carboxylic acids is 1. The zero-order valence-corrected chi connectivity index (χ0v) is 15.4. The van der Waals surface area contributed by atoms with Crippen molar-refractivity contribution in [2.75, 3.05) is 0 Å². The Labute approximate surface area is 145 Å².